The van der Waals surface area contributed by atoms with Crippen LogP contribution in [0.3, 0.4) is 0 Å². The monoisotopic (exact) mass is 658 g/mol. The van der Waals surface area contributed by atoms with E-state index in [9.17, 15) is 0 Å². The Morgan fingerprint density at radius 3 is 1.71 bits per heavy atom. The second-order valence-corrected chi connectivity index (χ2v) is 14.4. The molecule has 0 fully saturated rings. The normalized spacial score (nSPS) is 14.2. The summed E-state index contributed by atoms with van der Waals surface area (Å²) in [5.41, 5.74) is 18.9. The SMILES string of the molecule is c1ccc(B2c3ccccc3N3c4cc(-n5c6ccccc6c6ccccc65)ccc4C4(c5ccccc5-c5ccccc54)c4cccc2c43)cc1. The van der Waals surface area contributed by atoms with Gasteiger partial charge in [0.15, 0.2) is 0 Å². The fourth-order valence-electron chi connectivity index (χ4n) is 10.1. The van der Waals surface area contributed by atoms with E-state index in [0.717, 1.165) is 5.69 Å². The molecule has 3 aliphatic rings. The highest BCUT2D eigenvalue weighted by Crippen LogP contribution is 2.63. The van der Waals surface area contributed by atoms with E-state index in [4.69, 9.17) is 0 Å². The lowest BCUT2D eigenvalue weighted by atomic mass is 9.34. The van der Waals surface area contributed by atoms with Crippen molar-refractivity contribution in [1.82, 2.24) is 4.57 Å². The van der Waals surface area contributed by atoms with Gasteiger partial charge in [0, 0.05) is 27.8 Å². The highest BCUT2D eigenvalue weighted by Gasteiger charge is 2.54. The van der Waals surface area contributed by atoms with E-state index < -0.39 is 5.41 Å². The van der Waals surface area contributed by atoms with Crippen LogP contribution in [0.25, 0.3) is 38.6 Å². The number of fused-ring (bicyclic) bond motifs is 14. The van der Waals surface area contributed by atoms with E-state index in [1.807, 2.05) is 0 Å². The van der Waals surface area contributed by atoms with E-state index in [2.05, 4.69) is 198 Å². The average molecular weight is 659 g/mol. The van der Waals surface area contributed by atoms with Crippen molar-refractivity contribution >= 4 is 62.0 Å². The van der Waals surface area contributed by atoms with Crippen molar-refractivity contribution in [3.63, 3.8) is 0 Å². The maximum Gasteiger partial charge on any atom is 0.246 e. The van der Waals surface area contributed by atoms with Gasteiger partial charge in [-0.25, -0.2) is 0 Å². The number of hydrogen-bond acceptors (Lipinski definition) is 1. The van der Waals surface area contributed by atoms with Gasteiger partial charge in [-0.05, 0) is 74.6 Å². The van der Waals surface area contributed by atoms with Crippen LogP contribution in [0.4, 0.5) is 17.1 Å². The highest BCUT2D eigenvalue weighted by atomic mass is 15.2. The maximum absolute atomic E-state index is 2.60. The molecule has 1 spiro atoms. The summed E-state index contributed by atoms with van der Waals surface area (Å²) >= 11 is 0. The molecule has 0 unspecified atom stereocenters. The molecule has 8 aromatic carbocycles. The largest absolute Gasteiger partial charge is 0.311 e. The molecule has 0 N–H and O–H groups in total. The summed E-state index contributed by atoms with van der Waals surface area (Å²) in [6.07, 6.45) is 0. The summed E-state index contributed by atoms with van der Waals surface area (Å²) in [6, 6.07) is 70.4. The lowest BCUT2D eigenvalue weighted by Gasteiger charge is -2.49. The van der Waals surface area contributed by atoms with Crippen molar-refractivity contribution in [3.05, 3.63) is 210 Å². The van der Waals surface area contributed by atoms with Crippen molar-refractivity contribution in [3.8, 4) is 16.8 Å². The molecule has 9 aromatic rings. The smallest absolute Gasteiger partial charge is 0.246 e. The molecule has 3 heteroatoms. The van der Waals surface area contributed by atoms with Crippen molar-refractivity contribution < 1.29 is 0 Å². The molecule has 0 amide bonds. The van der Waals surface area contributed by atoms with Crippen LogP contribution >= 0.6 is 0 Å². The number of anilines is 3. The molecule has 3 heterocycles. The summed E-state index contributed by atoms with van der Waals surface area (Å²) in [4.78, 5) is 2.60. The molecule has 1 aliphatic carbocycles. The molecule has 2 aliphatic heterocycles. The lowest BCUT2D eigenvalue weighted by molar-refractivity contribution is 0.753. The van der Waals surface area contributed by atoms with Crippen LogP contribution in [0.2, 0.25) is 0 Å². The molecule has 1 aromatic heterocycles. The molecule has 0 atom stereocenters. The molecule has 2 nitrogen and oxygen atoms in total. The van der Waals surface area contributed by atoms with E-state index in [1.165, 1.54) is 88.6 Å². The Hall–Kier alpha value is -6.58. The van der Waals surface area contributed by atoms with Gasteiger partial charge in [-0.1, -0.05) is 163 Å². The Balaban J connectivity index is 1.25. The van der Waals surface area contributed by atoms with Gasteiger partial charge in [0.2, 0.25) is 6.71 Å². The zero-order valence-electron chi connectivity index (χ0n) is 28.4. The number of benzene rings is 8. The lowest BCUT2D eigenvalue weighted by Crippen LogP contribution is -2.58. The van der Waals surface area contributed by atoms with Gasteiger partial charge < -0.3 is 9.47 Å². The van der Waals surface area contributed by atoms with Crippen LogP contribution in [0.15, 0.2) is 188 Å². The summed E-state index contributed by atoms with van der Waals surface area (Å²) in [7, 11) is 0. The van der Waals surface area contributed by atoms with E-state index >= 15 is 0 Å². The Morgan fingerprint density at radius 2 is 0.981 bits per heavy atom. The zero-order chi connectivity index (χ0) is 34.0. The summed E-state index contributed by atoms with van der Waals surface area (Å²) < 4.78 is 2.46. The average Bonchev–Trinajstić information content (AvgIpc) is 3.70. The summed E-state index contributed by atoms with van der Waals surface area (Å²) in [5.74, 6) is 0. The Labute approximate surface area is 302 Å². The number of rotatable bonds is 2. The molecule has 240 valence electrons. The number of nitrogens with zero attached hydrogens (tertiary/aromatic N) is 2. The van der Waals surface area contributed by atoms with Crippen LogP contribution in [-0.4, -0.2) is 11.3 Å². The maximum atomic E-state index is 2.60. The topological polar surface area (TPSA) is 8.17 Å². The standard InChI is InChI=1S/C49H31BN2/c1-2-15-32(16-3-1)50-42-24-10-13-28-46(42)52-47-31-33(51-44-26-11-6-19-36(44)37-20-7-12-27-45(37)51)29-30-40(47)49(41-23-14-25-43(50)48(41)52)38-21-8-4-17-34(38)35-18-5-9-22-39(35)49/h1-31H. The van der Waals surface area contributed by atoms with E-state index in [-0.39, 0.29) is 6.71 Å². The molecular formula is C49H31BN2. The van der Waals surface area contributed by atoms with Crippen LogP contribution in [0, 0.1) is 0 Å². The molecule has 0 saturated carbocycles. The minimum atomic E-state index is -0.489. The zero-order valence-corrected chi connectivity index (χ0v) is 28.4. The molecule has 0 bridgehead atoms. The Kier molecular flexibility index (Phi) is 5.55. The highest BCUT2D eigenvalue weighted by molar-refractivity contribution is 6.98. The Bertz CT molecular complexity index is 2840. The first-order chi connectivity index (χ1) is 25.8. The predicted molar refractivity (Wildman–Crippen MR) is 217 cm³/mol. The predicted octanol–water partition coefficient (Wildman–Crippen LogP) is 9.76. The third-order valence-corrected chi connectivity index (χ3v) is 12.0. The number of para-hydroxylation sites is 4. The molecule has 12 rings (SSSR count). The second kappa shape index (κ2) is 10.2. The van der Waals surface area contributed by atoms with Crippen molar-refractivity contribution in [2.24, 2.45) is 0 Å². The van der Waals surface area contributed by atoms with Crippen LogP contribution in [0.5, 0.6) is 0 Å². The quantitative estimate of drug-likeness (QED) is 0.168. The minimum absolute atomic E-state index is 0.106. The van der Waals surface area contributed by atoms with Crippen LogP contribution in [-0.2, 0) is 5.41 Å². The first kappa shape index (κ1) is 28.2. The van der Waals surface area contributed by atoms with E-state index in [1.54, 1.807) is 0 Å². The Morgan fingerprint density at radius 1 is 0.404 bits per heavy atom. The van der Waals surface area contributed by atoms with Gasteiger partial charge in [-0.2, -0.15) is 0 Å². The van der Waals surface area contributed by atoms with Crippen LogP contribution < -0.4 is 21.3 Å². The minimum Gasteiger partial charge on any atom is -0.311 e. The molecular weight excluding hydrogens is 627 g/mol. The van der Waals surface area contributed by atoms with Gasteiger partial charge in [0.1, 0.15) is 0 Å². The third-order valence-electron chi connectivity index (χ3n) is 12.0. The first-order valence-electron chi connectivity index (χ1n) is 18.2. The van der Waals surface area contributed by atoms with Gasteiger partial charge in [-0.15, -0.1) is 0 Å². The van der Waals surface area contributed by atoms with Gasteiger partial charge in [0.05, 0.1) is 22.1 Å². The molecule has 0 saturated heterocycles. The fourth-order valence-corrected chi connectivity index (χ4v) is 10.1. The summed E-state index contributed by atoms with van der Waals surface area (Å²) in [5, 5.41) is 2.54. The van der Waals surface area contributed by atoms with Crippen LogP contribution in [0.1, 0.15) is 22.3 Å². The molecule has 52 heavy (non-hydrogen) atoms. The van der Waals surface area contributed by atoms with Gasteiger partial charge in [0.25, 0.3) is 0 Å². The van der Waals surface area contributed by atoms with Crippen molar-refractivity contribution in [1.29, 1.82) is 0 Å². The van der Waals surface area contributed by atoms with Gasteiger partial charge >= 0.3 is 0 Å². The summed E-state index contributed by atoms with van der Waals surface area (Å²) in [6.45, 7) is 0.106. The van der Waals surface area contributed by atoms with Crippen molar-refractivity contribution in [2.45, 2.75) is 5.41 Å². The fraction of sp³-hybridized carbons (Fsp3) is 0.0204. The third kappa shape index (κ3) is 3.41. The number of hydrogen-bond donors (Lipinski definition) is 0. The second-order valence-electron chi connectivity index (χ2n) is 14.4. The van der Waals surface area contributed by atoms with Crippen molar-refractivity contribution in [2.75, 3.05) is 4.90 Å². The van der Waals surface area contributed by atoms with E-state index in [0.29, 0.717) is 0 Å². The van der Waals surface area contributed by atoms with Gasteiger partial charge in [-0.3, -0.25) is 0 Å². The first-order valence-corrected chi connectivity index (χ1v) is 18.2. The number of aromatic nitrogens is 1. The molecule has 0 radical (unpaired) electrons.